The summed E-state index contributed by atoms with van der Waals surface area (Å²) in [4.78, 5) is 54.9. The van der Waals surface area contributed by atoms with Crippen molar-refractivity contribution in [2.24, 2.45) is 5.73 Å². The van der Waals surface area contributed by atoms with E-state index in [-0.39, 0.29) is 41.6 Å². The first-order valence-corrected chi connectivity index (χ1v) is 12.0. The number of fused-ring (bicyclic) bond motifs is 2. The minimum atomic E-state index is -2.04. The van der Waals surface area contributed by atoms with Gasteiger partial charge in [0, 0.05) is 11.3 Å². The van der Waals surface area contributed by atoms with Crippen molar-refractivity contribution in [3.63, 3.8) is 0 Å². The van der Waals surface area contributed by atoms with Crippen LogP contribution < -0.4 is 10.6 Å². The van der Waals surface area contributed by atoms with Crippen molar-refractivity contribution >= 4 is 29.5 Å². The molecule has 10 nitrogen and oxygen atoms in total. The standard InChI is InChI=1S/C26H32N2O8/c1-6-8-13-34-23(30)21-22(27)36-16(5)20(24(31)35-15(3)4)26(21)17-11-9-10-12-18(17)28(25(26)32)14-19(29)33-7-2/h9-12,15H,6-8,13-14,27H2,1-5H3/t26-/m0/s1. The molecule has 2 N–H and O–H groups in total. The van der Waals surface area contributed by atoms with E-state index in [4.69, 9.17) is 24.7 Å². The summed E-state index contributed by atoms with van der Waals surface area (Å²) in [6.07, 6.45) is 0.827. The topological polar surface area (TPSA) is 134 Å². The number of para-hydroxylation sites is 1. The van der Waals surface area contributed by atoms with Gasteiger partial charge in [-0.1, -0.05) is 31.5 Å². The molecule has 1 atom stereocenters. The van der Waals surface area contributed by atoms with E-state index in [0.717, 1.165) is 6.42 Å². The molecule has 10 heteroatoms. The molecule has 1 spiro atoms. The highest BCUT2D eigenvalue weighted by atomic mass is 16.6. The largest absolute Gasteiger partial charge is 0.465 e. The van der Waals surface area contributed by atoms with Gasteiger partial charge in [-0.05, 0) is 40.2 Å². The highest BCUT2D eigenvalue weighted by Crippen LogP contribution is 2.54. The highest BCUT2D eigenvalue weighted by Gasteiger charge is 2.64. The number of rotatable bonds is 9. The second kappa shape index (κ2) is 10.8. The number of hydrogen-bond donors (Lipinski definition) is 1. The molecule has 0 fully saturated rings. The van der Waals surface area contributed by atoms with Crippen LogP contribution >= 0.6 is 0 Å². The van der Waals surface area contributed by atoms with Gasteiger partial charge in [-0.15, -0.1) is 0 Å². The molecule has 1 aromatic rings. The van der Waals surface area contributed by atoms with E-state index in [2.05, 4.69) is 0 Å². The second-order valence-corrected chi connectivity index (χ2v) is 8.68. The smallest absolute Gasteiger partial charge is 0.341 e. The molecular weight excluding hydrogens is 468 g/mol. The van der Waals surface area contributed by atoms with Crippen molar-refractivity contribution in [1.82, 2.24) is 0 Å². The Hall–Kier alpha value is -3.82. The van der Waals surface area contributed by atoms with Crippen LogP contribution in [0.15, 0.2) is 47.1 Å². The van der Waals surface area contributed by atoms with Crippen molar-refractivity contribution in [1.29, 1.82) is 0 Å². The Morgan fingerprint density at radius 2 is 1.78 bits per heavy atom. The number of carbonyl (C=O) groups is 4. The maximum atomic E-state index is 14.3. The third kappa shape index (κ3) is 4.55. The predicted molar refractivity (Wildman–Crippen MR) is 129 cm³/mol. The van der Waals surface area contributed by atoms with E-state index < -0.39 is 41.9 Å². The third-order valence-corrected chi connectivity index (χ3v) is 5.85. The molecule has 0 aliphatic carbocycles. The number of nitrogens with zero attached hydrogens (tertiary/aromatic N) is 1. The maximum absolute atomic E-state index is 14.3. The van der Waals surface area contributed by atoms with Gasteiger partial charge >= 0.3 is 17.9 Å². The summed E-state index contributed by atoms with van der Waals surface area (Å²) in [5, 5.41) is 0. The first-order valence-electron chi connectivity index (χ1n) is 12.0. The zero-order valence-corrected chi connectivity index (χ0v) is 21.2. The van der Waals surface area contributed by atoms with Crippen molar-refractivity contribution in [3.05, 3.63) is 52.6 Å². The maximum Gasteiger partial charge on any atom is 0.341 e. The molecule has 1 amide bonds. The molecule has 0 unspecified atom stereocenters. The normalized spacial score (nSPS) is 18.9. The molecule has 0 radical (unpaired) electrons. The van der Waals surface area contributed by atoms with E-state index in [1.54, 1.807) is 45.0 Å². The zero-order valence-electron chi connectivity index (χ0n) is 21.2. The number of nitrogens with two attached hydrogens (primary N) is 1. The van der Waals surface area contributed by atoms with E-state index in [0.29, 0.717) is 12.1 Å². The zero-order chi connectivity index (χ0) is 26.6. The lowest BCUT2D eigenvalue weighted by Gasteiger charge is -2.36. The Morgan fingerprint density at radius 3 is 2.42 bits per heavy atom. The first-order chi connectivity index (χ1) is 17.1. The first kappa shape index (κ1) is 26.8. The Kier molecular flexibility index (Phi) is 8.07. The Morgan fingerprint density at radius 1 is 1.08 bits per heavy atom. The van der Waals surface area contributed by atoms with Crippen LogP contribution in [0.5, 0.6) is 0 Å². The molecule has 3 rings (SSSR count). The molecule has 2 heterocycles. The Labute approximate surface area is 210 Å². The summed E-state index contributed by atoms with van der Waals surface area (Å²) < 4.78 is 21.6. The number of allylic oxidation sites excluding steroid dienone is 1. The monoisotopic (exact) mass is 500 g/mol. The lowest BCUT2D eigenvalue weighted by Crippen LogP contribution is -2.51. The number of hydrogen-bond acceptors (Lipinski definition) is 9. The van der Waals surface area contributed by atoms with Crippen LogP contribution in [-0.4, -0.2) is 49.7 Å². The Balaban J connectivity index is 2.30. The molecule has 0 saturated heterocycles. The van der Waals surface area contributed by atoms with Gasteiger partial charge in [0.15, 0.2) is 0 Å². The number of carbonyl (C=O) groups excluding carboxylic acids is 4. The summed E-state index contributed by atoms with van der Waals surface area (Å²) in [6.45, 7) is 8.13. The van der Waals surface area contributed by atoms with Crippen LogP contribution in [0.3, 0.4) is 0 Å². The lowest BCUT2D eigenvalue weighted by atomic mass is 9.67. The fourth-order valence-corrected chi connectivity index (χ4v) is 4.47. The number of esters is 3. The van der Waals surface area contributed by atoms with Crippen molar-refractivity contribution < 1.29 is 38.1 Å². The van der Waals surface area contributed by atoms with Crippen molar-refractivity contribution in [3.8, 4) is 0 Å². The summed E-state index contributed by atoms with van der Waals surface area (Å²) >= 11 is 0. The summed E-state index contributed by atoms with van der Waals surface area (Å²) in [5.41, 5.74) is 4.26. The van der Waals surface area contributed by atoms with Gasteiger partial charge in [0.1, 0.15) is 28.9 Å². The SMILES string of the molecule is CCCCOC(=O)C1=C(N)OC(C)=C(C(=O)OC(C)C)[C@]12C(=O)N(CC(=O)OCC)c1ccccc12. The number of ether oxygens (including phenoxy) is 4. The van der Waals surface area contributed by atoms with Crippen LogP contribution in [0, 0.1) is 0 Å². The minimum absolute atomic E-state index is 0.00407. The molecule has 0 aromatic heterocycles. The average molecular weight is 501 g/mol. The van der Waals surface area contributed by atoms with Gasteiger partial charge in [0.25, 0.3) is 0 Å². The molecule has 1 aromatic carbocycles. The van der Waals surface area contributed by atoms with Crippen LogP contribution in [0.25, 0.3) is 0 Å². The van der Waals surface area contributed by atoms with Crippen LogP contribution in [0.2, 0.25) is 0 Å². The van der Waals surface area contributed by atoms with E-state index >= 15 is 0 Å². The molecular formula is C26H32N2O8. The number of amides is 1. The van der Waals surface area contributed by atoms with Gasteiger partial charge in [-0.2, -0.15) is 0 Å². The fraction of sp³-hybridized carbons (Fsp3) is 0.462. The molecule has 0 bridgehead atoms. The van der Waals surface area contributed by atoms with Gasteiger partial charge in [-0.25, -0.2) is 9.59 Å². The Bertz CT molecular complexity index is 1140. The quantitative estimate of drug-likeness (QED) is 0.308. The average Bonchev–Trinajstić information content (AvgIpc) is 3.02. The van der Waals surface area contributed by atoms with Crippen molar-refractivity contribution in [2.75, 3.05) is 24.7 Å². The summed E-state index contributed by atoms with van der Waals surface area (Å²) in [6, 6.07) is 6.56. The second-order valence-electron chi connectivity index (χ2n) is 8.68. The van der Waals surface area contributed by atoms with Gasteiger partial charge in [-0.3, -0.25) is 14.5 Å². The number of unbranched alkanes of at least 4 members (excludes halogenated alkanes) is 1. The van der Waals surface area contributed by atoms with Crippen LogP contribution in [0.4, 0.5) is 5.69 Å². The van der Waals surface area contributed by atoms with E-state index in [9.17, 15) is 19.2 Å². The van der Waals surface area contributed by atoms with Crippen LogP contribution in [-0.2, 0) is 43.5 Å². The van der Waals surface area contributed by atoms with Crippen LogP contribution in [0.1, 0.15) is 53.0 Å². The number of anilines is 1. The molecule has 2 aliphatic rings. The van der Waals surface area contributed by atoms with Gasteiger partial charge < -0.3 is 24.7 Å². The molecule has 0 saturated carbocycles. The summed E-state index contributed by atoms with van der Waals surface area (Å²) in [7, 11) is 0. The molecule has 36 heavy (non-hydrogen) atoms. The number of benzene rings is 1. The predicted octanol–water partition coefficient (Wildman–Crippen LogP) is 2.60. The molecule has 2 aliphatic heterocycles. The highest BCUT2D eigenvalue weighted by molar-refractivity contribution is 6.23. The molecule has 194 valence electrons. The lowest BCUT2D eigenvalue weighted by molar-refractivity contribution is -0.146. The van der Waals surface area contributed by atoms with Gasteiger partial charge in [0.05, 0.1) is 19.3 Å². The van der Waals surface area contributed by atoms with E-state index in [1.807, 2.05) is 6.92 Å². The van der Waals surface area contributed by atoms with Crippen molar-refractivity contribution in [2.45, 2.75) is 59.0 Å². The summed E-state index contributed by atoms with van der Waals surface area (Å²) in [5.74, 6) is -3.50. The minimum Gasteiger partial charge on any atom is -0.465 e. The van der Waals surface area contributed by atoms with E-state index in [1.165, 1.54) is 11.8 Å². The van der Waals surface area contributed by atoms with Gasteiger partial charge in [0.2, 0.25) is 11.8 Å². The third-order valence-electron chi connectivity index (χ3n) is 5.85. The fourth-order valence-electron chi connectivity index (χ4n) is 4.47.